The van der Waals surface area contributed by atoms with E-state index >= 15 is 0 Å². The number of urea groups is 1. The number of rotatable bonds is 4. The van der Waals surface area contributed by atoms with Gasteiger partial charge in [0.25, 0.3) is 0 Å². The maximum absolute atomic E-state index is 12.1. The Kier molecular flexibility index (Phi) is 4.82. The topological polar surface area (TPSA) is 91.3 Å². The minimum atomic E-state index is -1.18. The zero-order valence-corrected chi connectivity index (χ0v) is 13.1. The Labute approximate surface area is 128 Å². The van der Waals surface area contributed by atoms with Crippen LogP contribution in [0.3, 0.4) is 0 Å². The van der Waals surface area contributed by atoms with Gasteiger partial charge in [-0.05, 0) is 24.7 Å². The SMILES string of the molecule is CC1CCCC(C)C1(NC(=O)NCc1cncs1)C(=O)O. The Morgan fingerprint density at radius 3 is 2.62 bits per heavy atom. The van der Waals surface area contributed by atoms with Crippen molar-refractivity contribution in [2.24, 2.45) is 11.8 Å². The molecule has 2 atom stereocenters. The molecule has 2 amide bonds. The van der Waals surface area contributed by atoms with Crippen molar-refractivity contribution < 1.29 is 14.7 Å². The Morgan fingerprint density at radius 1 is 1.43 bits per heavy atom. The minimum Gasteiger partial charge on any atom is -0.479 e. The highest BCUT2D eigenvalue weighted by Crippen LogP contribution is 2.38. The van der Waals surface area contributed by atoms with Crippen LogP contribution >= 0.6 is 11.3 Å². The third-order valence-electron chi connectivity index (χ3n) is 4.41. The van der Waals surface area contributed by atoms with Crippen LogP contribution in [0.2, 0.25) is 0 Å². The normalized spacial score (nSPS) is 28.9. The van der Waals surface area contributed by atoms with Gasteiger partial charge in [-0.15, -0.1) is 11.3 Å². The van der Waals surface area contributed by atoms with Crippen LogP contribution in [0.1, 0.15) is 38.0 Å². The summed E-state index contributed by atoms with van der Waals surface area (Å²) in [6.45, 7) is 4.15. The number of carboxylic acid groups (broad SMARTS) is 1. The second kappa shape index (κ2) is 6.43. The molecule has 1 aliphatic carbocycles. The molecular formula is C14H21N3O3S. The van der Waals surface area contributed by atoms with Crippen molar-refractivity contribution in [1.29, 1.82) is 0 Å². The maximum Gasteiger partial charge on any atom is 0.330 e. The molecule has 6 nitrogen and oxygen atoms in total. The van der Waals surface area contributed by atoms with Crippen LogP contribution in [0.4, 0.5) is 4.79 Å². The Bertz CT molecular complexity index is 494. The van der Waals surface area contributed by atoms with E-state index in [9.17, 15) is 14.7 Å². The zero-order chi connectivity index (χ0) is 15.5. The summed E-state index contributed by atoms with van der Waals surface area (Å²) in [5.74, 6) is -1.13. The fourth-order valence-electron chi connectivity index (χ4n) is 3.12. The summed E-state index contributed by atoms with van der Waals surface area (Å²) in [6.07, 6.45) is 4.31. The van der Waals surface area contributed by atoms with Gasteiger partial charge in [-0.3, -0.25) is 4.98 Å². The number of aromatic nitrogens is 1. The fraction of sp³-hybridized carbons (Fsp3) is 0.643. The van der Waals surface area contributed by atoms with Crippen molar-refractivity contribution in [2.75, 3.05) is 0 Å². The molecule has 7 heteroatoms. The monoisotopic (exact) mass is 311 g/mol. The molecule has 1 heterocycles. The molecule has 1 fully saturated rings. The van der Waals surface area contributed by atoms with E-state index < -0.39 is 17.5 Å². The predicted octanol–water partition coefficient (Wildman–Crippen LogP) is 2.22. The molecule has 21 heavy (non-hydrogen) atoms. The molecule has 0 radical (unpaired) electrons. The largest absolute Gasteiger partial charge is 0.479 e. The number of carboxylic acids is 1. The molecule has 2 unspecified atom stereocenters. The molecule has 0 spiro atoms. The van der Waals surface area contributed by atoms with E-state index in [0.29, 0.717) is 6.54 Å². The van der Waals surface area contributed by atoms with E-state index in [0.717, 1.165) is 24.1 Å². The number of amides is 2. The van der Waals surface area contributed by atoms with Crippen molar-refractivity contribution in [3.63, 3.8) is 0 Å². The van der Waals surface area contributed by atoms with Crippen molar-refractivity contribution in [3.8, 4) is 0 Å². The third-order valence-corrected chi connectivity index (χ3v) is 5.19. The van der Waals surface area contributed by atoms with Crippen molar-refractivity contribution >= 4 is 23.3 Å². The maximum atomic E-state index is 12.1. The van der Waals surface area contributed by atoms with E-state index in [2.05, 4.69) is 15.6 Å². The first kappa shape index (κ1) is 15.8. The van der Waals surface area contributed by atoms with E-state index in [1.807, 2.05) is 13.8 Å². The highest BCUT2D eigenvalue weighted by Gasteiger charge is 2.51. The molecule has 3 N–H and O–H groups in total. The predicted molar refractivity (Wildman–Crippen MR) is 80.0 cm³/mol. The molecule has 116 valence electrons. The number of thiazole rings is 1. The van der Waals surface area contributed by atoms with Gasteiger partial charge in [0.1, 0.15) is 5.54 Å². The molecule has 0 bridgehead atoms. The first-order valence-electron chi connectivity index (χ1n) is 7.13. The Hall–Kier alpha value is -1.63. The van der Waals surface area contributed by atoms with Crippen LogP contribution in [-0.4, -0.2) is 27.6 Å². The number of aliphatic carboxylic acids is 1. The van der Waals surface area contributed by atoms with Gasteiger partial charge in [-0.2, -0.15) is 0 Å². The van der Waals surface area contributed by atoms with Gasteiger partial charge in [0.05, 0.1) is 12.1 Å². The van der Waals surface area contributed by atoms with Crippen LogP contribution < -0.4 is 10.6 Å². The number of hydrogen-bond donors (Lipinski definition) is 3. The zero-order valence-electron chi connectivity index (χ0n) is 12.3. The molecule has 0 aliphatic heterocycles. The lowest BCUT2D eigenvalue weighted by Gasteiger charge is -2.44. The summed E-state index contributed by atoms with van der Waals surface area (Å²) < 4.78 is 0. The molecule has 1 aromatic rings. The first-order valence-corrected chi connectivity index (χ1v) is 8.01. The lowest BCUT2D eigenvalue weighted by Crippen LogP contribution is -2.65. The molecule has 1 saturated carbocycles. The van der Waals surface area contributed by atoms with E-state index in [4.69, 9.17) is 0 Å². The first-order chi connectivity index (χ1) is 9.96. The molecule has 2 rings (SSSR count). The van der Waals surface area contributed by atoms with Gasteiger partial charge < -0.3 is 15.7 Å². The number of carbonyl (C=O) groups is 2. The van der Waals surface area contributed by atoms with Crippen LogP contribution in [0.5, 0.6) is 0 Å². The van der Waals surface area contributed by atoms with Crippen LogP contribution in [0, 0.1) is 11.8 Å². The lowest BCUT2D eigenvalue weighted by atomic mass is 9.67. The van der Waals surface area contributed by atoms with Gasteiger partial charge in [-0.25, -0.2) is 9.59 Å². The smallest absolute Gasteiger partial charge is 0.330 e. The average Bonchev–Trinajstić information content (AvgIpc) is 2.94. The summed E-state index contributed by atoms with van der Waals surface area (Å²) in [5, 5.41) is 15.1. The quantitative estimate of drug-likeness (QED) is 0.795. The number of nitrogens with one attached hydrogen (secondary N) is 2. The van der Waals surface area contributed by atoms with Crippen molar-refractivity contribution in [1.82, 2.24) is 15.6 Å². The molecule has 0 aromatic carbocycles. The van der Waals surface area contributed by atoms with Crippen LogP contribution in [-0.2, 0) is 11.3 Å². The standard InChI is InChI=1S/C14H21N3O3S/c1-9-4-3-5-10(2)14(9,12(18)19)17-13(20)16-7-11-6-15-8-21-11/h6,8-10H,3-5,7H2,1-2H3,(H,18,19)(H2,16,17,20). The molecule has 1 aromatic heterocycles. The fourth-order valence-corrected chi connectivity index (χ4v) is 3.66. The van der Waals surface area contributed by atoms with Crippen LogP contribution in [0.15, 0.2) is 11.7 Å². The van der Waals surface area contributed by atoms with E-state index in [1.165, 1.54) is 11.3 Å². The Balaban J connectivity index is 2.05. The summed E-state index contributed by atoms with van der Waals surface area (Å²) >= 11 is 1.45. The second-order valence-corrected chi connectivity index (χ2v) is 6.65. The van der Waals surface area contributed by atoms with Gasteiger partial charge >= 0.3 is 12.0 Å². The summed E-state index contributed by atoms with van der Waals surface area (Å²) in [7, 11) is 0. The number of nitrogens with zero attached hydrogens (tertiary/aromatic N) is 1. The minimum absolute atomic E-state index is 0.0899. The van der Waals surface area contributed by atoms with Crippen molar-refractivity contribution in [2.45, 2.75) is 45.2 Å². The average molecular weight is 311 g/mol. The number of carbonyl (C=O) groups excluding carboxylic acids is 1. The Morgan fingerprint density at radius 2 is 2.10 bits per heavy atom. The van der Waals surface area contributed by atoms with Crippen molar-refractivity contribution in [3.05, 3.63) is 16.6 Å². The van der Waals surface area contributed by atoms with Gasteiger partial charge in [-0.1, -0.05) is 20.3 Å². The molecular weight excluding hydrogens is 290 g/mol. The van der Waals surface area contributed by atoms with Gasteiger partial charge in [0.2, 0.25) is 0 Å². The summed E-state index contributed by atoms with van der Waals surface area (Å²) in [5.41, 5.74) is 0.509. The molecule has 0 saturated heterocycles. The highest BCUT2D eigenvalue weighted by molar-refractivity contribution is 7.09. The molecule has 1 aliphatic rings. The van der Waals surface area contributed by atoms with E-state index in [-0.39, 0.29) is 11.8 Å². The number of hydrogen-bond acceptors (Lipinski definition) is 4. The second-order valence-electron chi connectivity index (χ2n) is 5.68. The van der Waals surface area contributed by atoms with E-state index in [1.54, 1.807) is 11.7 Å². The highest BCUT2D eigenvalue weighted by atomic mass is 32.1. The van der Waals surface area contributed by atoms with Crippen LogP contribution in [0.25, 0.3) is 0 Å². The lowest BCUT2D eigenvalue weighted by molar-refractivity contribution is -0.151. The van der Waals surface area contributed by atoms with Gasteiger partial charge in [0.15, 0.2) is 0 Å². The van der Waals surface area contributed by atoms with Gasteiger partial charge in [0, 0.05) is 11.1 Å². The third kappa shape index (κ3) is 3.18. The summed E-state index contributed by atoms with van der Waals surface area (Å²) in [6, 6.07) is -0.439. The summed E-state index contributed by atoms with van der Waals surface area (Å²) in [4.78, 5) is 28.8.